The summed E-state index contributed by atoms with van der Waals surface area (Å²) in [7, 11) is -3.89. The van der Waals surface area contributed by atoms with Crippen LogP contribution in [0.1, 0.15) is 26.7 Å². The molecule has 5 nitrogen and oxygen atoms in total. The van der Waals surface area contributed by atoms with Gasteiger partial charge in [0, 0.05) is 6.08 Å². The highest BCUT2D eigenvalue weighted by molar-refractivity contribution is 7.85. The lowest BCUT2D eigenvalue weighted by atomic mass is 10.2. The fraction of sp³-hybridized carbons (Fsp3) is 0.727. The zero-order valence-electron chi connectivity index (χ0n) is 10.6. The third kappa shape index (κ3) is 5.43. The number of hydrogen-bond acceptors (Lipinski definition) is 3. The molecule has 0 spiro atoms. The number of hydrogen-bond donors (Lipinski definition) is 1. The molecule has 0 aliphatic rings. The van der Waals surface area contributed by atoms with Gasteiger partial charge >= 0.3 is 5.91 Å². The molecular formula is C11H22NO4S+. The van der Waals surface area contributed by atoms with Crippen molar-refractivity contribution in [3.8, 4) is 0 Å². The molecule has 0 radical (unpaired) electrons. The van der Waals surface area contributed by atoms with Crippen LogP contribution in [0.2, 0.25) is 0 Å². The standard InChI is InChI=1S/C11H21NO4S/c1-4-11(13)12(5-2,6-3)9-7-8-10-17(14,15)16/h4H,1,5-10H2,2-3H3/p+1. The van der Waals surface area contributed by atoms with E-state index in [0.29, 0.717) is 32.5 Å². The molecule has 0 rings (SSSR count). The van der Waals surface area contributed by atoms with E-state index in [0.717, 1.165) is 0 Å². The lowest BCUT2D eigenvalue weighted by Crippen LogP contribution is -2.52. The summed E-state index contributed by atoms with van der Waals surface area (Å²) in [6.45, 7) is 9.23. The van der Waals surface area contributed by atoms with E-state index < -0.39 is 10.1 Å². The summed E-state index contributed by atoms with van der Waals surface area (Å²) in [5.74, 6) is -0.287. The summed E-state index contributed by atoms with van der Waals surface area (Å²) in [6.07, 6.45) is 2.26. The second-order valence-corrected chi connectivity index (χ2v) is 5.61. The summed E-state index contributed by atoms with van der Waals surface area (Å²) in [5.41, 5.74) is 0. The Kier molecular flexibility index (Phi) is 6.59. The van der Waals surface area contributed by atoms with Gasteiger partial charge in [-0.2, -0.15) is 8.42 Å². The summed E-state index contributed by atoms with van der Waals surface area (Å²) in [6, 6.07) is 0. The summed E-state index contributed by atoms with van der Waals surface area (Å²) in [4.78, 5) is 11.8. The maximum Gasteiger partial charge on any atom is 0.338 e. The normalized spacial score (nSPS) is 12.4. The van der Waals surface area contributed by atoms with E-state index in [-0.39, 0.29) is 16.1 Å². The number of amides is 1. The van der Waals surface area contributed by atoms with Crippen molar-refractivity contribution in [1.29, 1.82) is 0 Å². The summed E-state index contributed by atoms with van der Waals surface area (Å²) < 4.78 is 30.0. The molecule has 0 aliphatic carbocycles. The van der Waals surface area contributed by atoms with Crippen molar-refractivity contribution >= 4 is 16.0 Å². The van der Waals surface area contributed by atoms with E-state index >= 15 is 0 Å². The molecule has 0 aromatic rings. The number of carbonyl (C=O) groups is 1. The smallest absolute Gasteiger partial charge is 0.286 e. The Labute approximate surface area is 103 Å². The Balaban J connectivity index is 4.38. The number of nitrogens with zero attached hydrogens (tertiary/aromatic N) is 1. The van der Waals surface area contributed by atoms with Gasteiger partial charge in [-0.1, -0.05) is 6.58 Å². The van der Waals surface area contributed by atoms with E-state index in [1.165, 1.54) is 6.08 Å². The molecule has 1 amide bonds. The molecule has 0 unspecified atom stereocenters. The molecule has 100 valence electrons. The molecule has 0 saturated carbocycles. The quantitative estimate of drug-likeness (QED) is 0.310. The first-order chi connectivity index (χ1) is 7.81. The van der Waals surface area contributed by atoms with E-state index in [9.17, 15) is 13.2 Å². The van der Waals surface area contributed by atoms with Crippen molar-refractivity contribution in [2.45, 2.75) is 26.7 Å². The van der Waals surface area contributed by atoms with Crippen LogP contribution >= 0.6 is 0 Å². The highest BCUT2D eigenvalue weighted by Crippen LogP contribution is 2.11. The van der Waals surface area contributed by atoms with E-state index in [4.69, 9.17) is 4.55 Å². The summed E-state index contributed by atoms with van der Waals surface area (Å²) in [5, 5.41) is 0. The second kappa shape index (κ2) is 6.88. The molecule has 0 bridgehead atoms. The van der Waals surface area contributed by atoms with Crippen LogP contribution in [0, 0.1) is 0 Å². The van der Waals surface area contributed by atoms with Crippen molar-refractivity contribution in [1.82, 2.24) is 0 Å². The van der Waals surface area contributed by atoms with Gasteiger partial charge in [-0.3, -0.25) is 9.04 Å². The predicted molar refractivity (Wildman–Crippen MR) is 67.1 cm³/mol. The first-order valence-electron chi connectivity index (χ1n) is 5.79. The van der Waals surface area contributed by atoms with Crippen molar-refractivity contribution < 1.29 is 22.2 Å². The Morgan fingerprint density at radius 1 is 1.29 bits per heavy atom. The Morgan fingerprint density at radius 3 is 2.18 bits per heavy atom. The molecule has 0 heterocycles. The minimum absolute atomic E-state index is 0.0399. The average molecular weight is 264 g/mol. The molecule has 17 heavy (non-hydrogen) atoms. The van der Waals surface area contributed by atoms with Crippen LogP contribution < -0.4 is 0 Å². The molecule has 0 aromatic heterocycles. The van der Waals surface area contributed by atoms with Crippen LogP contribution in [-0.4, -0.2) is 48.7 Å². The molecule has 0 aliphatic heterocycles. The molecule has 6 heteroatoms. The van der Waals surface area contributed by atoms with Crippen LogP contribution in [0.5, 0.6) is 0 Å². The van der Waals surface area contributed by atoms with Gasteiger partial charge in [0.05, 0.1) is 25.4 Å². The fourth-order valence-electron chi connectivity index (χ4n) is 1.85. The topological polar surface area (TPSA) is 71.4 Å². The van der Waals surface area contributed by atoms with E-state index in [1.807, 2.05) is 13.8 Å². The molecule has 0 fully saturated rings. The van der Waals surface area contributed by atoms with Crippen molar-refractivity contribution in [3.05, 3.63) is 12.7 Å². The zero-order chi connectivity index (χ0) is 13.5. The van der Waals surface area contributed by atoms with Gasteiger partial charge in [-0.05, 0) is 26.7 Å². The van der Waals surface area contributed by atoms with Crippen LogP contribution in [0.4, 0.5) is 0 Å². The van der Waals surface area contributed by atoms with Gasteiger partial charge in [0.25, 0.3) is 10.1 Å². The number of rotatable bonds is 8. The first kappa shape index (κ1) is 16.3. The SMILES string of the molecule is C=CC(=O)[N+](CC)(CC)CCCCS(=O)(=O)O. The second-order valence-electron chi connectivity index (χ2n) is 4.04. The van der Waals surface area contributed by atoms with Crippen LogP contribution in [0.15, 0.2) is 12.7 Å². The predicted octanol–water partition coefficient (Wildman–Crippen LogP) is 1.22. The maximum atomic E-state index is 11.8. The average Bonchev–Trinajstić information content (AvgIpc) is 2.28. The van der Waals surface area contributed by atoms with Gasteiger partial charge in [0.15, 0.2) is 0 Å². The number of quaternary nitrogens is 1. The highest BCUT2D eigenvalue weighted by atomic mass is 32.2. The van der Waals surface area contributed by atoms with Crippen molar-refractivity contribution in [2.75, 3.05) is 25.4 Å². The molecule has 0 atom stereocenters. The molecule has 0 saturated heterocycles. The van der Waals surface area contributed by atoms with Crippen LogP contribution in [0.25, 0.3) is 0 Å². The van der Waals surface area contributed by atoms with Crippen molar-refractivity contribution in [2.24, 2.45) is 0 Å². The monoisotopic (exact) mass is 264 g/mol. The van der Waals surface area contributed by atoms with E-state index in [2.05, 4.69) is 6.58 Å². The Hall–Kier alpha value is -0.720. The van der Waals surface area contributed by atoms with Gasteiger partial charge in [0.1, 0.15) is 0 Å². The third-order valence-corrected chi connectivity index (χ3v) is 3.90. The van der Waals surface area contributed by atoms with Gasteiger partial charge in [-0.15, -0.1) is 0 Å². The molecular weight excluding hydrogens is 242 g/mol. The van der Waals surface area contributed by atoms with Gasteiger partial charge in [0.2, 0.25) is 0 Å². The first-order valence-corrected chi connectivity index (χ1v) is 7.40. The lowest BCUT2D eigenvalue weighted by Gasteiger charge is -2.32. The largest absolute Gasteiger partial charge is 0.338 e. The number of unbranched alkanes of at least 4 members (excludes halogenated alkanes) is 1. The molecule has 0 aromatic carbocycles. The minimum atomic E-state index is -3.89. The van der Waals surface area contributed by atoms with E-state index in [1.54, 1.807) is 0 Å². The van der Waals surface area contributed by atoms with Gasteiger partial charge in [-0.25, -0.2) is 4.79 Å². The minimum Gasteiger partial charge on any atom is -0.286 e. The molecule has 1 N–H and O–H groups in total. The van der Waals surface area contributed by atoms with Gasteiger partial charge < -0.3 is 0 Å². The fourth-order valence-corrected chi connectivity index (χ4v) is 2.42. The highest BCUT2D eigenvalue weighted by Gasteiger charge is 2.30. The zero-order valence-corrected chi connectivity index (χ0v) is 11.4. The maximum absolute atomic E-state index is 11.8. The van der Waals surface area contributed by atoms with Crippen LogP contribution in [-0.2, 0) is 14.9 Å². The number of carbonyl (C=O) groups excluding carboxylic acids is 1. The van der Waals surface area contributed by atoms with Crippen molar-refractivity contribution in [3.63, 3.8) is 0 Å². The third-order valence-electron chi connectivity index (χ3n) is 3.09. The van der Waals surface area contributed by atoms with Crippen LogP contribution in [0.3, 0.4) is 0 Å². The Bertz CT molecular complexity index is 358. The Morgan fingerprint density at radius 2 is 1.82 bits per heavy atom. The summed E-state index contributed by atoms with van der Waals surface area (Å²) >= 11 is 0. The lowest BCUT2D eigenvalue weighted by molar-refractivity contribution is -0.848. The number of likely N-dealkylation sites (N-methyl/N-ethyl adjacent to an activating group) is 1.